The number of rotatable bonds is 18. The first kappa shape index (κ1) is 105. The molecule has 0 unspecified atom stereocenters. The van der Waals surface area contributed by atoms with Crippen LogP contribution in [0.1, 0.15) is 214 Å². The third-order valence-corrected chi connectivity index (χ3v) is 24.0. The molecule has 744 valence electrons. The number of hydrogen-bond acceptors (Lipinski definition) is 24. The molecule has 12 amide bonds. The highest BCUT2D eigenvalue weighted by Crippen LogP contribution is 2.26. The highest BCUT2D eigenvalue weighted by atomic mass is 16.2. The van der Waals surface area contributed by atoms with Crippen molar-refractivity contribution in [1.29, 1.82) is 0 Å². The number of carbonyl (C=O) groups is 12. The van der Waals surface area contributed by atoms with Gasteiger partial charge in [-0.05, 0) is 181 Å². The van der Waals surface area contributed by atoms with Crippen molar-refractivity contribution in [1.82, 2.24) is 121 Å². The maximum absolute atomic E-state index is 15.4. The van der Waals surface area contributed by atoms with Gasteiger partial charge < -0.3 is 61.3 Å². The van der Waals surface area contributed by atoms with Crippen LogP contribution in [0.5, 0.6) is 0 Å². The van der Waals surface area contributed by atoms with Crippen LogP contribution in [0.2, 0.25) is 0 Å². The maximum atomic E-state index is 15.4. The first-order valence-corrected chi connectivity index (χ1v) is 48.0. The zero-order chi connectivity index (χ0) is 103. The molecule has 13 rings (SSSR count). The average Bonchev–Trinajstić information content (AvgIpc) is 0.820. The summed E-state index contributed by atoms with van der Waals surface area (Å²) in [5, 5.41) is 17.4. The van der Waals surface area contributed by atoms with Crippen molar-refractivity contribution in [3.63, 3.8) is 0 Å². The molecular formula is C108H120N24O12. The predicted molar refractivity (Wildman–Crippen MR) is 533 cm³/mol. The molecule has 36 nitrogen and oxygen atoms in total. The van der Waals surface area contributed by atoms with Crippen LogP contribution in [0.25, 0.3) is 0 Å². The lowest BCUT2D eigenvalue weighted by Crippen LogP contribution is -2.52. The Hall–Kier alpha value is -16.6. The third-order valence-electron chi connectivity index (χ3n) is 24.0. The minimum atomic E-state index is -1.21. The van der Waals surface area contributed by atoms with Gasteiger partial charge in [-0.2, -0.15) is 0 Å². The lowest BCUT2D eigenvalue weighted by Gasteiger charge is -2.31. The number of aromatic nitrogens is 12. The molecule has 144 heavy (non-hydrogen) atoms. The van der Waals surface area contributed by atoms with E-state index in [9.17, 15) is 28.8 Å². The van der Waals surface area contributed by atoms with Gasteiger partial charge in [-0.1, -0.05) is 156 Å². The first-order valence-electron chi connectivity index (χ1n) is 48.0. The van der Waals surface area contributed by atoms with Gasteiger partial charge in [0.2, 0.25) is 35.4 Å². The van der Waals surface area contributed by atoms with Crippen LogP contribution in [0.4, 0.5) is 0 Å². The van der Waals surface area contributed by atoms with Crippen LogP contribution in [-0.4, -0.2) is 196 Å². The summed E-state index contributed by atoms with van der Waals surface area (Å²) in [4.78, 5) is 246. The number of carbonyl (C=O) groups excluding carboxylic acids is 12. The second kappa shape index (κ2) is 50.0. The van der Waals surface area contributed by atoms with Gasteiger partial charge in [-0.3, -0.25) is 102 Å². The van der Waals surface area contributed by atoms with Crippen molar-refractivity contribution < 1.29 is 57.5 Å². The Morgan fingerprint density at radius 2 is 0.347 bits per heavy atom. The standard InChI is InChI=1S/C108H120N24O12/c1-67(2)91-103(139)127(55-73-31-13-19-49-109-73)61-79-37-25-38-80(115-79)62-128(56-74-32-14-20-50-110-74)105(141)93(69(5)6)123-99(135)87-45-29-46-88(119-87)100(136)124-95(71(9)10)107(143)131(59-77-35-17-23-53-113-77)65-83-41-27-42-84(117-83)66-132(60-78-36-18-24-54-114-78)108(144)96(72(11)12)126-102(138)90-48-30-47-89(120-90)101(137)125-94(70(7)8)106(142)130(58-76-34-16-22-52-112-76)64-82-40-26-39-81(116-82)63-129(57-75-33-15-21-51-111-75)104(140)92(68(3)4)122-98(134)86-44-28-43-85(118-86)97(133)121-91/h13-54,67-72,91-96H,55-66H2,1-12H3,(H,121,133)(H,122,134)(H,123,135)(H,124,136)(H,125,137)(H,126,138)/t91-,92-,93-,94-,95-,96-/m0/s1. The molecule has 0 aromatic carbocycles. The van der Waals surface area contributed by atoms with Crippen molar-refractivity contribution >= 4 is 70.9 Å². The van der Waals surface area contributed by atoms with Crippen molar-refractivity contribution in [3.05, 3.63) is 358 Å². The van der Waals surface area contributed by atoms with E-state index >= 15 is 28.8 Å². The van der Waals surface area contributed by atoms with Crippen molar-refractivity contribution in [2.24, 2.45) is 35.5 Å². The molecule has 0 saturated heterocycles. The summed E-state index contributed by atoms with van der Waals surface area (Å²) in [7, 11) is 0. The molecule has 12 aromatic rings. The molecule has 12 bridgehead atoms. The van der Waals surface area contributed by atoms with E-state index in [0.717, 1.165) is 0 Å². The van der Waals surface area contributed by atoms with Gasteiger partial charge in [0, 0.05) is 37.2 Å². The van der Waals surface area contributed by atoms with Crippen LogP contribution in [0, 0.1) is 35.5 Å². The van der Waals surface area contributed by atoms with E-state index in [0.29, 0.717) is 68.3 Å². The summed E-state index contributed by atoms with van der Waals surface area (Å²) in [5.74, 6) is -11.2. The molecule has 1 aliphatic heterocycles. The van der Waals surface area contributed by atoms with Crippen molar-refractivity contribution in [2.75, 3.05) is 0 Å². The van der Waals surface area contributed by atoms with E-state index in [1.54, 1.807) is 284 Å². The first-order chi connectivity index (χ1) is 69.3. The van der Waals surface area contributed by atoms with Gasteiger partial charge in [-0.15, -0.1) is 0 Å². The van der Waals surface area contributed by atoms with E-state index in [1.807, 2.05) is 0 Å². The lowest BCUT2D eigenvalue weighted by molar-refractivity contribution is -0.136. The highest BCUT2D eigenvalue weighted by Gasteiger charge is 2.39. The van der Waals surface area contributed by atoms with E-state index < -0.39 is 143 Å². The zero-order valence-corrected chi connectivity index (χ0v) is 82.6. The van der Waals surface area contributed by atoms with Gasteiger partial charge in [0.15, 0.2) is 0 Å². The van der Waals surface area contributed by atoms with Crippen LogP contribution in [0.3, 0.4) is 0 Å². The van der Waals surface area contributed by atoms with Crippen LogP contribution in [0.15, 0.2) is 256 Å². The third kappa shape index (κ3) is 28.9. The normalized spacial score (nSPS) is 18.0. The minimum Gasteiger partial charge on any atom is -0.339 e. The van der Waals surface area contributed by atoms with Crippen LogP contribution >= 0.6 is 0 Å². The SMILES string of the molecule is CC(C)[C@@H]1NC(=O)c2cccc(n2)C(=O)N[C@@H](C(C)C)C(=O)N(Cc2ccccn2)Cc2cccc(n2)CN(Cc2ccccn2)C(=O)[C@H](C(C)C)NC(=O)c2cccc(n2)C(=O)N[C@@H](C(C)C)C(=O)N(Cc2ccccn2)Cc2cccc(n2)CN(Cc2ccccn2)C(=O)[C@H](C(C)C)NC(=O)c2cccc(n2)C(=O)N[C@@H](C(C)C)C(=O)N(Cc2ccccn2)Cc2cccc(n2)CN(Cc2ccccn2)C1=O. The van der Waals surface area contributed by atoms with Gasteiger partial charge in [0.05, 0.1) is 147 Å². The summed E-state index contributed by atoms with van der Waals surface area (Å²) >= 11 is 0. The van der Waals surface area contributed by atoms with Gasteiger partial charge in [-0.25, -0.2) is 15.0 Å². The lowest BCUT2D eigenvalue weighted by atomic mass is 10.0. The minimum absolute atomic E-state index is 0.0464. The Kier molecular flexibility index (Phi) is 36.4. The molecule has 0 saturated carbocycles. The fraction of sp³-hybridized carbons (Fsp3) is 0.333. The number of hydrogen-bond donors (Lipinski definition) is 6. The molecule has 0 aliphatic carbocycles. The van der Waals surface area contributed by atoms with E-state index in [1.165, 1.54) is 84.0 Å². The summed E-state index contributed by atoms with van der Waals surface area (Å²) in [6, 6.07) is 52.7. The molecule has 6 atom stereocenters. The van der Waals surface area contributed by atoms with Crippen LogP contribution in [-0.2, 0) is 107 Å². The summed E-state index contributed by atoms with van der Waals surface area (Å²) in [6.45, 7) is 20.2. The number of nitrogens with one attached hydrogen (secondary N) is 6. The Balaban J connectivity index is 0.835. The molecule has 36 heteroatoms. The smallest absolute Gasteiger partial charge is 0.270 e. The number of fused-ring (bicyclic) bond motifs is 12. The Labute approximate surface area is 836 Å². The Morgan fingerprint density at radius 1 is 0.201 bits per heavy atom. The second-order valence-corrected chi connectivity index (χ2v) is 37.3. The monoisotopic (exact) mass is 1940 g/mol. The van der Waals surface area contributed by atoms with Crippen molar-refractivity contribution in [2.45, 2.75) is 198 Å². The molecule has 13 heterocycles. The zero-order valence-electron chi connectivity index (χ0n) is 82.6. The van der Waals surface area contributed by atoms with Crippen molar-refractivity contribution in [3.8, 4) is 0 Å². The molecule has 0 fully saturated rings. The van der Waals surface area contributed by atoms with E-state index in [4.69, 9.17) is 15.0 Å². The quantitative estimate of drug-likeness (QED) is 0.0465. The Bertz CT molecular complexity index is 5500. The summed E-state index contributed by atoms with van der Waals surface area (Å²) < 4.78 is 0. The Morgan fingerprint density at radius 3 is 0.479 bits per heavy atom. The molecule has 0 spiro atoms. The predicted octanol–water partition coefficient (Wildman–Crippen LogP) is 10.6. The topological polar surface area (TPSA) is 451 Å². The molecule has 6 N–H and O–H groups in total. The maximum Gasteiger partial charge on any atom is 0.270 e. The second-order valence-electron chi connectivity index (χ2n) is 37.3. The molecule has 1 aliphatic rings. The van der Waals surface area contributed by atoms with Crippen LogP contribution < -0.4 is 31.9 Å². The van der Waals surface area contributed by atoms with Gasteiger partial charge in [0.1, 0.15) is 70.4 Å². The number of amides is 12. The number of pyridine rings is 12. The largest absolute Gasteiger partial charge is 0.339 e. The summed E-state index contributed by atoms with van der Waals surface area (Å²) in [5.41, 5.74) is 4.07. The van der Waals surface area contributed by atoms with E-state index in [2.05, 4.69) is 76.8 Å². The molecular weight excluding hydrogens is 1830 g/mol. The van der Waals surface area contributed by atoms with Gasteiger partial charge >= 0.3 is 0 Å². The van der Waals surface area contributed by atoms with E-state index in [-0.39, 0.29) is 113 Å². The fourth-order valence-electron chi connectivity index (χ4n) is 16.3. The average molecular weight is 1950 g/mol. The number of nitrogens with zero attached hydrogens (tertiary/aromatic N) is 18. The molecule has 12 aromatic heterocycles. The highest BCUT2D eigenvalue weighted by molar-refractivity contribution is 6.03. The van der Waals surface area contributed by atoms with Gasteiger partial charge in [0.25, 0.3) is 35.4 Å². The summed E-state index contributed by atoms with van der Waals surface area (Å²) in [6.07, 6.45) is 9.55. The molecule has 0 radical (unpaired) electrons. The fourth-order valence-corrected chi connectivity index (χ4v) is 16.3.